The van der Waals surface area contributed by atoms with Gasteiger partial charge in [-0.2, -0.15) is 0 Å². The van der Waals surface area contributed by atoms with Crippen LogP contribution in [0.3, 0.4) is 0 Å². The number of amides is 1. The Morgan fingerprint density at radius 1 is 1.21 bits per heavy atom. The van der Waals surface area contributed by atoms with E-state index in [0.717, 1.165) is 33.1 Å². The molecule has 24 heavy (non-hydrogen) atoms. The van der Waals surface area contributed by atoms with Gasteiger partial charge in [0.25, 0.3) is 0 Å². The van der Waals surface area contributed by atoms with Crippen molar-refractivity contribution in [2.75, 3.05) is 23.0 Å². The second-order valence-electron chi connectivity index (χ2n) is 5.17. The van der Waals surface area contributed by atoms with Crippen molar-refractivity contribution in [1.29, 1.82) is 0 Å². The van der Waals surface area contributed by atoms with Gasteiger partial charge >= 0.3 is 0 Å². The molecule has 0 aliphatic carbocycles. The molecule has 0 radical (unpaired) electrons. The third kappa shape index (κ3) is 4.17. The molecular weight excluding hydrogens is 362 g/mol. The zero-order valence-electron chi connectivity index (χ0n) is 13.2. The second-order valence-corrected chi connectivity index (χ2v) is 8.89. The first-order valence-corrected chi connectivity index (χ1v) is 10.5. The Bertz CT molecular complexity index is 730. The fourth-order valence-electron chi connectivity index (χ4n) is 2.40. The molecular formula is C16H17N3O2S3. The van der Waals surface area contributed by atoms with Crippen molar-refractivity contribution in [3.8, 4) is 0 Å². The molecule has 1 fully saturated rings. The van der Waals surface area contributed by atoms with Crippen LogP contribution < -0.4 is 4.90 Å². The van der Waals surface area contributed by atoms with Gasteiger partial charge in [0.15, 0.2) is 14.5 Å². The lowest BCUT2D eigenvalue weighted by Crippen LogP contribution is -2.23. The maximum absolute atomic E-state index is 12.3. The Morgan fingerprint density at radius 3 is 2.54 bits per heavy atom. The van der Waals surface area contributed by atoms with Gasteiger partial charge in [-0.1, -0.05) is 41.8 Å². The van der Waals surface area contributed by atoms with E-state index in [4.69, 9.17) is 0 Å². The van der Waals surface area contributed by atoms with Crippen LogP contribution in [0.2, 0.25) is 0 Å². The molecule has 2 heterocycles. The maximum atomic E-state index is 12.3. The summed E-state index contributed by atoms with van der Waals surface area (Å²) in [6, 6.07) is 7.29. The van der Waals surface area contributed by atoms with E-state index in [2.05, 4.69) is 17.1 Å². The summed E-state index contributed by atoms with van der Waals surface area (Å²) in [6.07, 6.45) is 1.51. The van der Waals surface area contributed by atoms with Crippen molar-refractivity contribution in [3.05, 3.63) is 29.8 Å². The molecule has 0 saturated carbocycles. The zero-order valence-corrected chi connectivity index (χ0v) is 15.7. The van der Waals surface area contributed by atoms with Crippen molar-refractivity contribution in [3.63, 3.8) is 0 Å². The van der Waals surface area contributed by atoms with E-state index in [1.54, 1.807) is 28.8 Å². The summed E-state index contributed by atoms with van der Waals surface area (Å²) >= 11 is 4.59. The van der Waals surface area contributed by atoms with E-state index in [9.17, 15) is 9.59 Å². The molecule has 1 aliphatic heterocycles. The molecule has 1 saturated heterocycles. The number of aromatic nitrogens is 2. The molecule has 2 aromatic rings. The minimum atomic E-state index is 0.0548. The Balaban J connectivity index is 1.57. The number of hydrogen-bond donors (Lipinski definition) is 0. The lowest BCUT2D eigenvalue weighted by atomic mass is 10.1. The summed E-state index contributed by atoms with van der Waals surface area (Å²) in [5.74, 6) is 1.51. The van der Waals surface area contributed by atoms with Gasteiger partial charge < -0.3 is 4.90 Å². The SMILES string of the molecule is CCSc1nnc(SCC(=O)c2ccc(N3CCCC3=O)cc2)s1. The number of Topliss-reactive ketones (excluding diaryl/α,β-unsaturated/α-hetero) is 1. The van der Waals surface area contributed by atoms with Gasteiger partial charge in [0.1, 0.15) is 0 Å². The Kier molecular flexibility index (Phi) is 5.91. The lowest BCUT2D eigenvalue weighted by molar-refractivity contribution is -0.117. The Hall–Kier alpha value is -1.38. The highest BCUT2D eigenvalue weighted by Gasteiger charge is 2.21. The Morgan fingerprint density at radius 2 is 1.92 bits per heavy atom. The van der Waals surface area contributed by atoms with Gasteiger partial charge in [0.05, 0.1) is 5.75 Å². The minimum Gasteiger partial charge on any atom is -0.312 e. The van der Waals surface area contributed by atoms with Gasteiger partial charge in [-0.3, -0.25) is 9.59 Å². The van der Waals surface area contributed by atoms with E-state index in [-0.39, 0.29) is 11.7 Å². The van der Waals surface area contributed by atoms with Gasteiger partial charge in [-0.25, -0.2) is 0 Å². The van der Waals surface area contributed by atoms with Crippen LogP contribution in [0, 0.1) is 0 Å². The fourth-order valence-corrected chi connectivity index (χ4v) is 5.21. The number of rotatable bonds is 7. The number of thioether (sulfide) groups is 2. The highest BCUT2D eigenvalue weighted by molar-refractivity contribution is 8.03. The number of carbonyl (C=O) groups excluding carboxylic acids is 2. The molecule has 0 unspecified atom stereocenters. The topological polar surface area (TPSA) is 63.2 Å². The van der Waals surface area contributed by atoms with Gasteiger partial charge in [-0.15, -0.1) is 10.2 Å². The van der Waals surface area contributed by atoms with Crippen LogP contribution in [0.15, 0.2) is 32.9 Å². The van der Waals surface area contributed by atoms with E-state index < -0.39 is 0 Å². The fraction of sp³-hybridized carbons (Fsp3) is 0.375. The standard InChI is InChI=1S/C16H17N3O2S3/c1-2-22-15-17-18-16(24-15)23-10-13(20)11-5-7-12(8-6-11)19-9-3-4-14(19)21/h5-8H,2-4,9-10H2,1H3. The van der Waals surface area contributed by atoms with E-state index in [1.165, 1.54) is 23.1 Å². The average molecular weight is 380 g/mol. The quantitative estimate of drug-likeness (QED) is 0.539. The summed E-state index contributed by atoms with van der Waals surface area (Å²) in [5, 5.41) is 8.17. The maximum Gasteiger partial charge on any atom is 0.227 e. The Labute approximate surface area is 153 Å². The van der Waals surface area contributed by atoms with Crippen LogP contribution in [0.4, 0.5) is 5.69 Å². The first-order valence-electron chi connectivity index (χ1n) is 7.70. The van der Waals surface area contributed by atoms with Gasteiger partial charge in [0, 0.05) is 24.2 Å². The molecule has 1 aromatic carbocycles. The molecule has 1 amide bonds. The molecule has 0 bridgehead atoms. The molecule has 1 aliphatic rings. The average Bonchev–Trinajstić information content (AvgIpc) is 3.22. The lowest BCUT2D eigenvalue weighted by Gasteiger charge is -2.15. The highest BCUT2D eigenvalue weighted by atomic mass is 32.2. The summed E-state index contributed by atoms with van der Waals surface area (Å²) in [4.78, 5) is 25.8. The molecule has 126 valence electrons. The van der Waals surface area contributed by atoms with Crippen LogP contribution in [0.5, 0.6) is 0 Å². The predicted octanol–water partition coefficient (Wildman–Crippen LogP) is 3.75. The summed E-state index contributed by atoms with van der Waals surface area (Å²) in [6.45, 7) is 2.83. The largest absolute Gasteiger partial charge is 0.312 e. The molecule has 0 N–H and O–H groups in total. The van der Waals surface area contributed by atoms with E-state index in [1.807, 2.05) is 12.1 Å². The van der Waals surface area contributed by atoms with Crippen LogP contribution >= 0.6 is 34.9 Å². The van der Waals surface area contributed by atoms with Crippen molar-refractivity contribution < 1.29 is 9.59 Å². The highest BCUT2D eigenvalue weighted by Crippen LogP contribution is 2.29. The predicted molar refractivity (Wildman–Crippen MR) is 99.4 cm³/mol. The van der Waals surface area contributed by atoms with E-state index >= 15 is 0 Å². The molecule has 8 heteroatoms. The van der Waals surface area contributed by atoms with Crippen molar-refractivity contribution in [1.82, 2.24) is 10.2 Å². The van der Waals surface area contributed by atoms with Crippen LogP contribution in [-0.4, -0.2) is 39.9 Å². The monoisotopic (exact) mass is 379 g/mol. The number of benzene rings is 1. The van der Waals surface area contributed by atoms with Crippen LogP contribution in [-0.2, 0) is 4.79 Å². The van der Waals surface area contributed by atoms with E-state index in [0.29, 0.717) is 17.7 Å². The first kappa shape index (κ1) is 17.4. The molecule has 1 aromatic heterocycles. The van der Waals surface area contributed by atoms with Crippen molar-refractivity contribution >= 4 is 52.2 Å². The first-order chi connectivity index (χ1) is 11.7. The second kappa shape index (κ2) is 8.13. The van der Waals surface area contributed by atoms with Crippen LogP contribution in [0.1, 0.15) is 30.1 Å². The number of carbonyl (C=O) groups is 2. The number of ketones is 1. The molecule has 3 rings (SSSR count). The summed E-state index contributed by atoms with van der Waals surface area (Å²) in [7, 11) is 0. The van der Waals surface area contributed by atoms with Gasteiger partial charge in [0.2, 0.25) is 5.91 Å². The molecule has 5 nitrogen and oxygen atoms in total. The summed E-state index contributed by atoms with van der Waals surface area (Å²) in [5.41, 5.74) is 1.53. The van der Waals surface area contributed by atoms with Crippen molar-refractivity contribution in [2.45, 2.75) is 28.4 Å². The van der Waals surface area contributed by atoms with Crippen molar-refractivity contribution in [2.24, 2.45) is 0 Å². The van der Waals surface area contributed by atoms with Crippen LogP contribution in [0.25, 0.3) is 0 Å². The molecule has 0 spiro atoms. The summed E-state index contributed by atoms with van der Waals surface area (Å²) < 4.78 is 1.76. The molecule has 0 atom stereocenters. The number of nitrogens with zero attached hydrogens (tertiary/aromatic N) is 3. The van der Waals surface area contributed by atoms with Gasteiger partial charge in [-0.05, 0) is 36.4 Å². The number of anilines is 1. The minimum absolute atomic E-state index is 0.0548. The third-order valence-electron chi connectivity index (χ3n) is 3.56. The zero-order chi connectivity index (χ0) is 16.9. The number of hydrogen-bond acceptors (Lipinski definition) is 7. The third-order valence-corrected chi connectivity index (χ3v) is 6.63. The normalized spacial score (nSPS) is 14.4. The smallest absolute Gasteiger partial charge is 0.227 e.